The van der Waals surface area contributed by atoms with E-state index in [1.54, 1.807) is 0 Å². The van der Waals surface area contributed by atoms with Crippen molar-refractivity contribution in [3.63, 3.8) is 0 Å². The molecule has 0 bridgehead atoms. The lowest BCUT2D eigenvalue weighted by atomic mass is 10.4. The van der Waals surface area contributed by atoms with E-state index in [1.165, 1.54) is 11.8 Å². The molecule has 56 valence electrons. The lowest BCUT2D eigenvalue weighted by molar-refractivity contribution is -0.104. The SMILES string of the molecule is C=C(C=O)Sc1ccccc1. The maximum Gasteiger partial charge on any atom is 0.156 e. The first-order chi connectivity index (χ1) is 5.33. The monoisotopic (exact) mass is 164 g/mol. The molecular formula is C9H8OS. The van der Waals surface area contributed by atoms with Crippen molar-refractivity contribution in [2.45, 2.75) is 4.90 Å². The highest BCUT2D eigenvalue weighted by Gasteiger charge is 1.93. The summed E-state index contributed by atoms with van der Waals surface area (Å²) in [7, 11) is 0. The molecule has 0 aliphatic rings. The zero-order valence-electron chi connectivity index (χ0n) is 5.99. The number of rotatable bonds is 3. The van der Waals surface area contributed by atoms with Crippen LogP contribution in [0.3, 0.4) is 0 Å². The van der Waals surface area contributed by atoms with Gasteiger partial charge in [0.05, 0.1) is 0 Å². The maximum atomic E-state index is 10.2. The van der Waals surface area contributed by atoms with Crippen LogP contribution >= 0.6 is 11.8 Å². The van der Waals surface area contributed by atoms with Gasteiger partial charge in [-0.05, 0) is 12.1 Å². The molecule has 0 saturated heterocycles. The third-order valence-corrected chi connectivity index (χ3v) is 1.99. The second-order valence-corrected chi connectivity index (χ2v) is 3.20. The number of aldehydes is 1. The van der Waals surface area contributed by atoms with E-state index in [1.807, 2.05) is 30.3 Å². The summed E-state index contributed by atoms with van der Waals surface area (Å²) in [6.45, 7) is 3.56. The Bertz CT molecular complexity index is 254. The van der Waals surface area contributed by atoms with Crippen LogP contribution in [0.15, 0.2) is 46.7 Å². The topological polar surface area (TPSA) is 17.1 Å². The highest BCUT2D eigenvalue weighted by Crippen LogP contribution is 2.22. The summed E-state index contributed by atoms with van der Waals surface area (Å²) in [6.07, 6.45) is 0.762. The molecular weight excluding hydrogens is 156 g/mol. The Morgan fingerprint density at radius 1 is 1.36 bits per heavy atom. The van der Waals surface area contributed by atoms with Gasteiger partial charge in [-0.3, -0.25) is 4.79 Å². The van der Waals surface area contributed by atoms with Crippen molar-refractivity contribution in [1.29, 1.82) is 0 Å². The predicted octanol–water partition coefficient (Wildman–Crippen LogP) is 2.49. The summed E-state index contributed by atoms with van der Waals surface area (Å²) in [5, 5.41) is 0. The van der Waals surface area contributed by atoms with E-state index in [0.717, 1.165) is 11.2 Å². The second kappa shape index (κ2) is 3.98. The first-order valence-electron chi connectivity index (χ1n) is 3.20. The summed E-state index contributed by atoms with van der Waals surface area (Å²) >= 11 is 1.38. The van der Waals surface area contributed by atoms with Crippen LogP contribution in [-0.2, 0) is 4.79 Å². The van der Waals surface area contributed by atoms with Crippen molar-refractivity contribution in [3.8, 4) is 0 Å². The average molecular weight is 164 g/mol. The normalized spacial score (nSPS) is 9.09. The first-order valence-corrected chi connectivity index (χ1v) is 4.01. The van der Waals surface area contributed by atoms with Crippen LogP contribution in [0.4, 0.5) is 0 Å². The fraction of sp³-hybridized carbons (Fsp3) is 0. The highest BCUT2D eigenvalue weighted by atomic mass is 32.2. The molecule has 1 aromatic rings. The van der Waals surface area contributed by atoms with E-state index in [0.29, 0.717) is 4.91 Å². The molecule has 0 spiro atoms. The zero-order valence-corrected chi connectivity index (χ0v) is 6.80. The van der Waals surface area contributed by atoms with Gasteiger partial charge in [0.1, 0.15) is 0 Å². The van der Waals surface area contributed by atoms with Crippen LogP contribution in [0.5, 0.6) is 0 Å². The van der Waals surface area contributed by atoms with Crippen LogP contribution in [0.2, 0.25) is 0 Å². The number of hydrogen-bond acceptors (Lipinski definition) is 2. The molecule has 0 N–H and O–H groups in total. The van der Waals surface area contributed by atoms with Crippen molar-refractivity contribution in [3.05, 3.63) is 41.8 Å². The molecule has 0 atom stereocenters. The first kappa shape index (κ1) is 8.08. The van der Waals surface area contributed by atoms with E-state index in [4.69, 9.17) is 0 Å². The Morgan fingerprint density at radius 2 is 2.00 bits per heavy atom. The van der Waals surface area contributed by atoms with Crippen molar-refractivity contribution in [2.75, 3.05) is 0 Å². The third-order valence-electron chi connectivity index (χ3n) is 1.12. The minimum Gasteiger partial charge on any atom is -0.297 e. The molecule has 1 aromatic carbocycles. The fourth-order valence-electron chi connectivity index (χ4n) is 0.664. The summed E-state index contributed by atoms with van der Waals surface area (Å²) in [6, 6.07) is 9.69. The molecule has 0 aromatic heterocycles. The van der Waals surface area contributed by atoms with Gasteiger partial charge >= 0.3 is 0 Å². The fourth-order valence-corrected chi connectivity index (χ4v) is 1.31. The molecule has 0 unspecified atom stereocenters. The van der Waals surface area contributed by atoms with Gasteiger partial charge in [0, 0.05) is 9.80 Å². The highest BCUT2D eigenvalue weighted by molar-refractivity contribution is 8.03. The molecule has 0 amide bonds. The quantitative estimate of drug-likeness (QED) is 0.388. The molecule has 1 rings (SSSR count). The van der Waals surface area contributed by atoms with Crippen molar-refractivity contribution < 1.29 is 4.79 Å². The van der Waals surface area contributed by atoms with Crippen LogP contribution in [0, 0.1) is 0 Å². The van der Waals surface area contributed by atoms with Crippen LogP contribution in [0.25, 0.3) is 0 Å². The standard InChI is InChI=1S/C9H8OS/c1-8(7-10)11-9-5-3-2-4-6-9/h2-7H,1H2. The third kappa shape index (κ3) is 2.60. The van der Waals surface area contributed by atoms with Crippen LogP contribution < -0.4 is 0 Å². The van der Waals surface area contributed by atoms with E-state index in [2.05, 4.69) is 6.58 Å². The Kier molecular flexibility index (Phi) is 2.93. The zero-order chi connectivity index (χ0) is 8.10. The van der Waals surface area contributed by atoms with E-state index < -0.39 is 0 Å². The van der Waals surface area contributed by atoms with Gasteiger partial charge in [-0.1, -0.05) is 36.5 Å². The van der Waals surface area contributed by atoms with Crippen molar-refractivity contribution >= 4 is 18.0 Å². The minimum absolute atomic E-state index is 0.538. The minimum atomic E-state index is 0.538. The number of carbonyl (C=O) groups excluding carboxylic acids is 1. The Labute approximate surface area is 70.1 Å². The Morgan fingerprint density at radius 3 is 2.55 bits per heavy atom. The van der Waals surface area contributed by atoms with E-state index >= 15 is 0 Å². The van der Waals surface area contributed by atoms with E-state index in [-0.39, 0.29) is 0 Å². The number of carbonyl (C=O) groups is 1. The largest absolute Gasteiger partial charge is 0.297 e. The van der Waals surface area contributed by atoms with Gasteiger partial charge in [0.15, 0.2) is 6.29 Å². The molecule has 2 heteroatoms. The Hall–Kier alpha value is -1.02. The maximum absolute atomic E-state index is 10.2. The van der Waals surface area contributed by atoms with Gasteiger partial charge in [0.2, 0.25) is 0 Å². The number of hydrogen-bond donors (Lipinski definition) is 0. The number of benzene rings is 1. The summed E-state index contributed by atoms with van der Waals surface area (Å²) in [4.78, 5) is 11.8. The van der Waals surface area contributed by atoms with E-state index in [9.17, 15) is 4.79 Å². The van der Waals surface area contributed by atoms with Gasteiger partial charge < -0.3 is 0 Å². The average Bonchev–Trinajstić information content (AvgIpc) is 2.06. The predicted molar refractivity (Wildman–Crippen MR) is 47.5 cm³/mol. The van der Waals surface area contributed by atoms with Crippen molar-refractivity contribution in [1.82, 2.24) is 0 Å². The lowest BCUT2D eigenvalue weighted by Crippen LogP contribution is -1.74. The Balaban J connectivity index is 2.65. The summed E-state index contributed by atoms with van der Waals surface area (Å²) in [5.74, 6) is 0. The summed E-state index contributed by atoms with van der Waals surface area (Å²) in [5.41, 5.74) is 0. The molecule has 0 aliphatic heterocycles. The smallest absolute Gasteiger partial charge is 0.156 e. The second-order valence-electron chi connectivity index (χ2n) is 2.00. The molecule has 0 heterocycles. The molecule has 11 heavy (non-hydrogen) atoms. The molecule has 1 nitrogen and oxygen atoms in total. The molecule has 0 radical (unpaired) electrons. The lowest BCUT2D eigenvalue weighted by Gasteiger charge is -1.95. The van der Waals surface area contributed by atoms with Gasteiger partial charge in [-0.2, -0.15) is 0 Å². The van der Waals surface area contributed by atoms with Gasteiger partial charge in [-0.25, -0.2) is 0 Å². The molecule has 0 saturated carbocycles. The number of allylic oxidation sites excluding steroid dienone is 1. The molecule has 0 aliphatic carbocycles. The van der Waals surface area contributed by atoms with Crippen LogP contribution in [-0.4, -0.2) is 6.29 Å². The molecule has 0 fully saturated rings. The van der Waals surface area contributed by atoms with Crippen molar-refractivity contribution in [2.24, 2.45) is 0 Å². The van der Waals surface area contributed by atoms with Gasteiger partial charge in [0.25, 0.3) is 0 Å². The van der Waals surface area contributed by atoms with Crippen LogP contribution in [0.1, 0.15) is 0 Å². The number of thioether (sulfide) groups is 1. The summed E-state index contributed by atoms with van der Waals surface area (Å²) < 4.78 is 0. The van der Waals surface area contributed by atoms with Gasteiger partial charge in [-0.15, -0.1) is 0 Å².